The number of hydrogen-bond donors (Lipinski definition) is 0. The zero-order valence-electron chi connectivity index (χ0n) is 9.27. The van der Waals surface area contributed by atoms with E-state index in [-0.39, 0.29) is 0 Å². The quantitative estimate of drug-likeness (QED) is 0.732. The summed E-state index contributed by atoms with van der Waals surface area (Å²) in [5, 5.41) is 9.00. The second kappa shape index (κ2) is 4.04. The minimum absolute atomic E-state index is 0.559. The molecule has 1 fully saturated rings. The number of nitrogens with zero attached hydrogens (tertiary/aromatic N) is 2. The first-order valence-corrected chi connectivity index (χ1v) is 5.45. The Hall–Kier alpha value is -1.33. The van der Waals surface area contributed by atoms with Crippen molar-refractivity contribution in [1.82, 2.24) is 4.90 Å². The van der Waals surface area contributed by atoms with E-state index in [4.69, 9.17) is 5.26 Å². The van der Waals surface area contributed by atoms with Crippen LogP contribution in [0.15, 0.2) is 24.3 Å². The van der Waals surface area contributed by atoms with Crippen LogP contribution in [0.1, 0.15) is 30.9 Å². The molecule has 1 heterocycles. The standard InChI is InChI=1S/C13H16N2/c1-10(2)15-8-12(9-15)13-6-4-3-5-11(13)7-14/h3-6,10,12H,8-9H2,1-2H3. The van der Waals surface area contributed by atoms with Crippen molar-refractivity contribution in [3.63, 3.8) is 0 Å². The SMILES string of the molecule is CC(C)N1CC(c2ccccc2C#N)C1. The van der Waals surface area contributed by atoms with E-state index in [0.717, 1.165) is 18.7 Å². The molecule has 15 heavy (non-hydrogen) atoms. The van der Waals surface area contributed by atoms with Gasteiger partial charge in [-0.1, -0.05) is 18.2 Å². The molecule has 0 spiro atoms. The lowest BCUT2D eigenvalue weighted by molar-refractivity contribution is 0.110. The van der Waals surface area contributed by atoms with Crippen molar-refractivity contribution in [3.8, 4) is 6.07 Å². The molecule has 2 rings (SSSR count). The number of hydrogen-bond acceptors (Lipinski definition) is 2. The van der Waals surface area contributed by atoms with Crippen molar-refractivity contribution in [1.29, 1.82) is 5.26 Å². The van der Waals surface area contributed by atoms with E-state index >= 15 is 0 Å². The Balaban J connectivity index is 2.10. The summed E-state index contributed by atoms with van der Waals surface area (Å²) in [4.78, 5) is 2.43. The molecule has 1 aromatic carbocycles. The average molecular weight is 200 g/mol. The van der Waals surface area contributed by atoms with Crippen LogP contribution in [0.5, 0.6) is 0 Å². The molecular formula is C13H16N2. The van der Waals surface area contributed by atoms with Crippen molar-refractivity contribution < 1.29 is 0 Å². The number of rotatable bonds is 2. The number of benzene rings is 1. The van der Waals surface area contributed by atoms with Crippen LogP contribution in [-0.2, 0) is 0 Å². The molecule has 0 atom stereocenters. The normalized spacial score (nSPS) is 17.5. The highest BCUT2D eigenvalue weighted by atomic mass is 15.2. The Morgan fingerprint density at radius 2 is 2.00 bits per heavy atom. The second-order valence-electron chi connectivity index (χ2n) is 4.44. The van der Waals surface area contributed by atoms with E-state index < -0.39 is 0 Å². The molecule has 0 unspecified atom stereocenters. The van der Waals surface area contributed by atoms with E-state index in [2.05, 4.69) is 30.9 Å². The predicted octanol–water partition coefficient (Wildman–Crippen LogP) is 2.37. The predicted molar refractivity (Wildman–Crippen MR) is 60.6 cm³/mol. The topological polar surface area (TPSA) is 27.0 Å². The first-order chi connectivity index (χ1) is 7.22. The first-order valence-electron chi connectivity index (χ1n) is 5.45. The molecule has 2 heteroatoms. The van der Waals surface area contributed by atoms with Crippen molar-refractivity contribution in [2.45, 2.75) is 25.8 Å². The number of nitriles is 1. The van der Waals surface area contributed by atoms with E-state index in [0.29, 0.717) is 12.0 Å². The third-order valence-corrected chi connectivity index (χ3v) is 3.16. The molecule has 1 saturated heterocycles. The Bertz CT molecular complexity index is 384. The molecule has 0 N–H and O–H groups in total. The van der Waals surface area contributed by atoms with Gasteiger partial charge >= 0.3 is 0 Å². The zero-order valence-corrected chi connectivity index (χ0v) is 9.27. The van der Waals surface area contributed by atoms with Crippen LogP contribution in [0.3, 0.4) is 0 Å². The van der Waals surface area contributed by atoms with E-state index in [9.17, 15) is 0 Å². The Morgan fingerprint density at radius 3 is 2.60 bits per heavy atom. The van der Waals surface area contributed by atoms with Crippen molar-refractivity contribution in [2.24, 2.45) is 0 Å². The molecular weight excluding hydrogens is 184 g/mol. The molecule has 1 aliphatic heterocycles. The molecule has 1 aliphatic rings. The van der Waals surface area contributed by atoms with Crippen LogP contribution < -0.4 is 0 Å². The number of likely N-dealkylation sites (tertiary alicyclic amines) is 1. The first kappa shape index (κ1) is 10.2. The maximum absolute atomic E-state index is 9.00. The van der Waals surface area contributed by atoms with Crippen LogP contribution in [-0.4, -0.2) is 24.0 Å². The maximum Gasteiger partial charge on any atom is 0.0994 e. The van der Waals surface area contributed by atoms with Gasteiger partial charge in [0.1, 0.15) is 0 Å². The average Bonchev–Trinajstić information content (AvgIpc) is 2.15. The Kier molecular flexibility index (Phi) is 2.75. The van der Waals surface area contributed by atoms with E-state index in [1.807, 2.05) is 18.2 Å². The van der Waals surface area contributed by atoms with Gasteiger partial charge in [-0.2, -0.15) is 5.26 Å². The molecule has 0 saturated carbocycles. The lowest BCUT2D eigenvalue weighted by Gasteiger charge is -2.42. The third kappa shape index (κ3) is 1.88. The van der Waals surface area contributed by atoms with Crippen LogP contribution in [0, 0.1) is 11.3 Å². The molecule has 0 bridgehead atoms. The van der Waals surface area contributed by atoms with Crippen LogP contribution in [0.4, 0.5) is 0 Å². The fourth-order valence-electron chi connectivity index (χ4n) is 2.09. The fraction of sp³-hybridized carbons (Fsp3) is 0.462. The Labute approximate surface area is 91.1 Å². The van der Waals surface area contributed by atoms with Gasteiger partial charge in [-0.15, -0.1) is 0 Å². The molecule has 1 aromatic rings. The Morgan fingerprint density at radius 1 is 1.33 bits per heavy atom. The minimum atomic E-state index is 0.559. The van der Waals surface area contributed by atoms with Crippen molar-refractivity contribution in [2.75, 3.05) is 13.1 Å². The highest BCUT2D eigenvalue weighted by Gasteiger charge is 2.30. The lowest BCUT2D eigenvalue weighted by atomic mass is 9.87. The summed E-state index contributed by atoms with van der Waals surface area (Å²) in [6, 6.07) is 10.8. The van der Waals surface area contributed by atoms with Crippen molar-refractivity contribution >= 4 is 0 Å². The van der Waals surface area contributed by atoms with Crippen LogP contribution >= 0.6 is 0 Å². The summed E-state index contributed by atoms with van der Waals surface area (Å²) < 4.78 is 0. The van der Waals surface area contributed by atoms with Gasteiger partial charge in [0.05, 0.1) is 11.6 Å². The molecule has 0 amide bonds. The summed E-state index contributed by atoms with van der Waals surface area (Å²) in [6.45, 7) is 6.62. The van der Waals surface area contributed by atoms with Gasteiger partial charge in [0.25, 0.3) is 0 Å². The van der Waals surface area contributed by atoms with Crippen LogP contribution in [0.2, 0.25) is 0 Å². The van der Waals surface area contributed by atoms with Gasteiger partial charge in [-0.05, 0) is 25.5 Å². The second-order valence-corrected chi connectivity index (χ2v) is 4.44. The molecule has 2 nitrogen and oxygen atoms in total. The molecule has 0 aliphatic carbocycles. The molecule has 78 valence electrons. The molecule has 0 aromatic heterocycles. The van der Waals surface area contributed by atoms with Crippen LogP contribution in [0.25, 0.3) is 0 Å². The third-order valence-electron chi connectivity index (χ3n) is 3.16. The highest BCUT2D eigenvalue weighted by Crippen LogP contribution is 2.30. The van der Waals surface area contributed by atoms with Gasteiger partial charge in [-0.3, -0.25) is 4.90 Å². The van der Waals surface area contributed by atoms with Gasteiger partial charge in [0.2, 0.25) is 0 Å². The van der Waals surface area contributed by atoms with Gasteiger partial charge < -0.3 is 0 Å². The minimum Gasteiger partial charge on any atom is -0.300 e. The summed E-state index contributed by atoms with van der Waals surface area (Å²) in [5.41, 5.74) is 2.06. The summed E-state index contributed by atoms with van der Waals surface area (Å²) in [6.07, 6.45) is 0. The largest absolute Gasteiger partial charge is 0.300 e. The maximum atomic E-state index is 9.00. The smallest absolute Gasteiger partial charge is 0.0994 e. The fourth-order valence-corrected chi connectivity index (χ4v) is 2.09. The van der Waals surface area contributed by atoms with E-state index in [1.165, 1.54) is 5.56 Å². The van der Waals surface area contributed by atoms with E-state index in [1.54, 1.807) is 0 Å². The lowest BCUT2D eigenvalue weighted by Crippen LogP contribution is -2.48. The highest BCUT2D eigenvalue weighted by molar-refractivity contribution is 5.41. The monoisotopic (exact) mass is 200 g/mol. The summed E-state index contributed by atoms with van der Waals surface area (Å²) in [5.74, 6) is 0.559. The van der Waals surface area contributed by atoms with Gasteiger partial charge in [0, 0.05) is 25.0 Å². The van der Waals surface area contributed by atoms with Crippen molar-refractivity contribution in [3.05, 3.63) is 35.4 Å². The summed E-state index contributed by atoms with van der Waals surface area (Å²) in [7, 11) is 0. The van der Waals surface area contributed by atoms with Gasteiger partial charge in [-0.25, -0.2) is 0 Å². The van der Waals surface area contributed by atoms with Gasteiger partial charge in [0.15, 0.2) is 0 Å². The zero-order chi connectivity index (χ0) is 10.8. The molecule has 0 radical (unpaired) electrons. The summed E-state index contributed by atoms with van der Waals surface area (Å²) >= 11 is 0.